The first-order valence-electron chi connectivity index (χ1n) is 10.5. The highest BCUT2D eigenvalue weighted by Gasteiger charge is 2.45. The molecule has 2 aromatic rings. The van der Waals surface area contributed by atoms with Crippen molar-refractivity contribution in [1.29, 1.82) is 0 Å². The number of amides is 2. The second kappa shape index (κ2) is 9.21. The Kier molecular flexibility index (Phi) is 6.68. The number of pyridine rings is 1. The van der Waals surface area contributed by atoms with Crippen LogP contribution < -0.4 is 5.32 Å². The third-order valence-corrected chi connectivity index (χ3v) is 5.55. The highest BCUT2D eigenvalue weighted by molar-refractivity contribution is 5.86. The summed E-state index contributed by atoms with van der Waals surface area (Å²) < 4.78 is 0. The minimum absolute atomic E-state index is 0.0496. The number of hydrogen-bond acceptors (Lipinski definition) is 3. The summed E-state index contributed by atoms with van der Waals surface area (Å²) in [7, 11) is 0. The van der Waals surface area contributed by atoms with E-state index in [1.54, 1.807) is 12.4 Å². The highest BCUT2D eigenvalue weighted by atomic mass is 16.2. The average Bonchev–Trinajstić information content (AvgIpc) is 3.14. The quantitative estimate of drug-likeness (QED) is 0.777. The van der Waals surface area contributed by atoms with Gasteiger partial charge in [0.15, 0.2) is 0 Å². The number of benzene rings is 1. The fourth-order valence-corrected chi connectivity index (χ4v) is 4.08. The van der Waals surface area contributed by atoms with Crippen LogP contribution in [-0.4, -0.2) is 40.8 Å². The van der Waals surface area contributed by atoms with Crippen molar-refractivity contribution in [2.75, 3.05) is 13.1 Å². The van der Waals surface area contributed by atoms with Crippen LogP contribution in [0.25, 0.3) is 11.1 Å². The van der Waals surface area contributed by atoms with E-state index in [9.17, 15) is 9.59 Å². The zero-order valence-corrected chi connectivity index (χ0v) is 17.6. The molecule has 29 heavy (non-hydrogen) atoms. The molecule has 2 amide bonds. The monoisotopic (exact) mass is 393 g/mol. The van der Waals surface area contributed by atoms with Gasteiger partial charge in [0.1, 0.15) is 0 Å². The Labute approximate surface area is 173 Å². The number of aromatic nitrogens is 1. The molecule has 0 radical (unpaired) electrons. The molecule has 0 bridgehead atoms. The Hall–Kier alpha value is -2.69. The maximum atomic E-state index is 13.2. The molecular formula is C24H31N3O2. The number of rotatable bonds is 7. The summed E-state index contributed by atoms with van der Waals surface area (Å²) in [6.45, 7) is 7.10. The maximum absolute atomic E-state index is 13.2. The highest BCUT2D eigenvalue weighted by Crippen LogP contribution is 2.36. The average molecular weight is 394 g/mol. The Morgan fingerprint density at radius 1 is 1.17 bits per heavy atom. The molecule has 3 rings (SSSR count). The zero-order chi connectivity index (χ0) is 20.9. The molecule has 0 spiro atoms. The minimum Gasteiger partial charge on any atom is -0.353 e. The standard InChI is InChI=1S/C24H31N3O2/c1-4-6-22(28)27-14-11-24(17-27,23(29)26-18(2)3)16-19-7-5-8-21(15-19)20-9-12-25-13-10-20/h5,7-10,12-13,15,18H,4,6,11,14,16-17H2,1-3H3,(H,26,29)/t24-/m1/s1. The fourth-order valence-electron chi connectivity index (χ4n) is 4.08. The van der Waals surface area contributed by atoms with Crippen molar-refractivity contribution >= 4 is 11.8 Å². The van der Waals surface area contributed by atoms with E-state index < -0.39 is 5.41 Å². The molecule has 0 unspecified atom stereocenters. The van der Waals surface area contributed by atoms with Crippen LogP contribution in [0.1, 0.15) is 45.6 Å². The SMILES string of the molecule is CCCC(=O)N1CC[C@](Cc2cccc(-c3ccncc3)c2)(C(=O)NC(C)C)C1. The van der Waals surface area contributed by atoms with Crippen molar-refractivity contribution < 1.29 is 9.59 Å². The van der Waals surface area contributed by atoms with E-state index >= 15 is 0 Å². The van der Waals surface area contributed by atoms with Crippen molar-refractivity contribution in [3.05, 3.63) is 54.4 Å². The van der Waals surface area contributed by atoms with E-state index in [4.69, 9.17) is 0 Å². The van der Waals surface area contributed by atoms with Gasteiger partial charge in [0.2, 0.25) is 11.8 Å². The van der Waals surface area contributed by atoms with Gasteiger partial charge < -0.3 is 10.2 Å². The number of carbonyl (C=O) groups is 2. The van der Waals surface area contributed by atoms with Crippen LogP contribution in [-0.2, 0) is 16.0 Å². The summed E-state index contributed by atoms with van der Waals surface area (Å²) in [6.07, 6.45) is 6.26. The molecule has 1 aliphatic rings. The molecule has 5 heteroatoms. The second-order valence-electron chi connectivity index (χ2n) is 8.34. The minimum atomic E-state index is -0.579. The lowest BCUT2D eigenvalue weighted by atomic mass is 9.79. The summed E-state index contributed by atoms with van der Waals surface area (Å²) in [6, 6.07) is 12.4. The first-order chi connectivity index (χ1) is 13.9. The second-order valence-corrected chi connectivity index (χ2v) is 8.34. The Bertz CT molecular complexity index is 850. The van der Waals surface area contributed by atoms with Gasteiger partial charge in [0.25, 0.3) is 0 Å². The molecule has 1 N–H and O–H groups in total. The van der Waals surface area contributed by atoms with Gasteiger partial charge in [-0.25, -0.2) is 0 Å². The van der Waals surface area contributed by atoms with Crippen LogP contribution in [0.2, 0.25) is 0 Å². The fraction of sp³-hybridized carbons (Fsp3) is 0.458. The predicted octanol–water partition coefficient (Wildman–Crippen LogP) is 3.83. The van der Waals surface area contributed by atoms with E-state index in [-0.39, 0.29) is 17.9 Å². The van der Waals surface area contributed by atoms with Crippen molar-refractivity contribution in [2.45, 2.75) is 52.5 Å². The van der Waals surface area contributed by atoms with Crippen LogP contribution in [0.5, 0.6) is 0 Å². The number of likely N-dealkylation sites (tertiary alicyclic amines) is 1. The Balaban J connectivity index is 1.86. The molecule has 0 saturated carbocycles. The molecular weight excluding hydrogens is 362 g/mol. The summed E-state index contributed by atoms with van der Waals surface area (Å²) in [5.74, 6) is 0.200. The molecule has 1 atom stereocenters. The molecule has 1 aromatic heterocycles. The van der Waals surface area contributed by atoms with Crippen molar-refractivity contribution in [3.63, 3.8) is 0 Å². The van der Waals surface area contributed by atoms with Gasteiger partial charge in [-0.3, -0.25) is 14.6 Å². The number of nitrogens with one attached hydrogen (secondary N) is 1. The number of nitrogens with zero attached hydrogens (tertiary/aromatic N) is 2. The van der Waals surface area contributed by atoms with Crippen LogP contribution in [0.4, 0.5) is 0 Å². The first-order valence-corrected chi connectivity index (χ1v) is 10.5. The Morgan fingerprint density at radius 2 is 1.93 bits per heavy atom. The predicted molar refractivity (Wildman–Crippen MR) is 115 cm³/mol. The van der Waals surface area contributed by atoms with Crippen molar-refractivity contribution in [1.82, 2.24) is 15.2 Å². The van der Waals surface area contributed by atoms with Gasteiger partial charge in [0.05, 0.1) is 5.41 Å². The molecule has 1 aliphatic heterocycles. The molecule has 0 aliphatic carbocycles. The van der Waals surface area contributed by atoms with Gasteiger partial charge in [-0.1, -0.05) is 31.2 Å². The summed E-state index contributed by atoms with van der Waals surface area (Å²) in [5.41, 5.74) is 2.75. The molecule has 1 fully saturated rings. The van der Waals surface area contributed by atoms with E-state index in [1.807, 2.05) is 43.9 Å². The van der Waals surface area contributed by atoms with Crippen LogP contribution >= 0.6 is 0 Å². The molecule has 5 nitrogen and oxygen atoms in total. The van der Waals surface area contributed by atoms with Crippen molar-refractivity contribution in [2.24, 2.45) is 5.41 Å². The van der Waals surface area contributed by atoms with Crippen LogP contribution in [0.3, 0.4) is 0 Å². The summed E-state index contributed by atoms with van der Waals surface area (Å²) in [5, 5.41) is 3.10. The zero-order valence-electron chi connectivity index (χ0n) is 17.6. The number of carbonyl (C=O) groups excluding carboxylic acids is 2. The van der Waals surface area contributed by atoms with Gasteiger partial charge in [-0.15, -0.1) is 0 Å². The van der Waals surface area contributed by atoms with Crippen LogP contribution in [0, 0.1) is 5.41 Å². The van der Waals surface area contributed by atoms with Gasteiger partial charge in [0, 0.05) is 37.9 Å². The van der Waals surface area contributed by atoms with Crippen LogP contribution in [0.15, 0.2) is 48.8 Å². The smallest absolute Gasteiger partial charge is 0.228 e. The lowest BCUT2D eigenvalue weighted by molar-refractivity contribution is -0.133. The lowest BCUT2D eigenvalue weighted by Gasteiger charge is -2.29. The molecule has 1 saturated heterocycles. The summed E-state index contributed by atoms with van der Waals surface area (Å²) >= 11 is 0. The van der Waals surface area contributed by atoms with E-state index in [0.29, 0.717) is 32.4 Å². The maximum Gasteiger partial charge on any atom is 0.228 e. The normalized spacial score (nSPS) is 18.8. The Morgan fingerprint density at radius 3 is 2.62 bits per heavy atom. The topological polar surface area (TPSA) is 62.3 Å². The van der Waals surface area contributed by atoms with E-state index in [1.165, 1.54) is 0 Å². The summed E-state index contributed by atoms with van der Waals surface area (Å²) in [4.78, 5) is 31.6. The largest absolute Gasteiger partial charge is 0.353 e. The van der Waals surface area contributed by atoms with Gasteiger partial charge in [-0.2, -0.15) is 0 Å². The van der Waals surface area contributed by atoms with E-state index in [0.717, 1.165) is 23.1 Å². The molecule has 2 heterocycles. The van der Waals surface area contributed by atoms with Gasteiger partial charge >= 0.3 is 0 Å². The van der Waals surface area contributed by atoms with E-state index in [2.05, 4.69) is 28.5 Å². The first kappa shape index (κ1) is 21.0. The molecule has 1 aromatic carbocycles. The third-order valence-electron chi connectivity index (χ3n) is 5.55. The number of hydrogen-bond donors (Lipinski definition) is 1. The third kappa shape index (κ3) is 5.03. The van der Waals surface area contributed by atoms with Gasteiger partial charge in [-0.05, 0) is 61.9 Å². The van der Waals surface area contributed by atoms with Crippen molar-refractivity contribution in [3.8, 4) is 11.1 Å². The lowest BCUT2D eigenvalue weighted by Crippen LogP contribution is -2.47. The molecule has 154 valence electrons.